The quantitative estimate of drug-likeness (QED) is 0.406. The fourth-order valence-electron chi connectivity index (χ4n) is 4.69. The predicted molar refractivity (Wildman–Crippen MR) is 108 cm³/mol. The Balaban J connectivity index is 1.60. The average molecular weight is 332 g/mol. The van der Waals surface area contributed by atoms with Crippen LogP contribution >= 0.6 is 0 Å². The van der Waals surface area contributed by atoms with Gasteiger partial charge in [-0.05, 0) is 59.1 Å². The molecule has 2 aromatic rings. The molecule has 4 rings (SSSR count). The van der Waals surface area contributed by atoms with E-state index in [1.807, 2.05) is 0 Å². The van der Waals surface area contributed by atoms with Crippen LogP contribution < -0.4 is 0 Å². The van der Waals surface area contributed by atoms with Gasteiger partial charge in [-0.2, -0.15) is 0 Å². The maximum Gasteiger partial charge on any atom is 0.0214 e. The SMILES string of the molecule is [CH]1c2ccccc2-c2ccc3c(c21)CCCCCCCCCCCC3. The number of fused-ring (bicyclic) bond motifs is 5. The van der Waals surface area contributed by atoms with E-state index in [1.165, 1.54) is 99.3 Å². The molecule has 0 spiro atoms. The average Bonchev–Trinajstić information content (AvgIpc) is 3.02. The van der Waals surface area contributed by atoms with E-state index < -0.39 is 0 Å². The number of hydrogen-bond donors (Lipinski definition) is 0. The maximum absolute atomic E-state index is 2.45. The van der Waals surface area contributed by atoms with Crippen LogP contribution in [0.2, 0.25) is 0 Å². The molecule has 1 radical (unpaired) electrons. The van der Waals surface area contributed by atoms with E-state index in [0.717, 1.165) is 0 Å². The van der Waals surface area contributed by atoms with Gasteiger partial charge in [0.25, 0.3) is 0 Å². The van der Waals surface area contributed by atoms with E-state index in [0.29, 0.717) is 0 Å². The lowest BCUT2D eigenvalue weighted by atomic mass is 9.89. The van der Waals surface area contributed by atoms with Gasteiger partial charge >= 0.3 is 0 Å². The molecule has 25 heavy (non-hydrogen) atoms. The highest BCUT2D eigenvalue weighted by atomic mass is 14.3. The molecule has 2 aliphatic carbocycles. The van der Waals surface area contributed by atoms with Crippen molar-refractivity contribution in [2.45, 2.75) is 77.0 Å². The van der Waals surface area contributed by atoms with Crippen molar-refractivity contribution in [1.29, 1.82) is 0 Å². The third kappa shape index (κ3) is 3.84. The molecule has 0 saturated heterocycles. The number of benzene rings is 2. The van der Waals surface area contributed by atoms with Gasteiger partial charge in [-0.3, -0.25) is 0 Å². The minimum Gasteiger partial charge on any atom is -0.0619 e. The standard InChI is InChI=1S/C25H31/c1-2-4-6-8-10-15-22-20(13-9-7-5-3-1)17-18-24-23-16-12-11-14-21(23)19-25(22)24/h11-12,14,16-19H,1-10,13,15H2. The van der Waals surface area contributed by atoms with Crippen LogP contribution in [0.1, 0.15) is 86.5 Å². The second-order valence-corrected chi connectivity index (χ2v) is 7.93. The van der Waals surface area contributed by atoms with E-state index in [2.05, 4.69) is 42.8 Å². The summed E-state index contributed by atoms with van der Waals surface area (Å²) in [6.07, 6.45) is 19.2. The molecule has 0 atom stereocenters. The van der Waals surface area contributed by atoms with Crippen LogP contribution in [-0.2, 0) is 12.8 Å². The first-order chi connectivity index (χ1) is 12.4. The molecule has 0 fully saturated rings. The van der Waals surface area contributed by atoms with E-state index in [-0.39, 0.29) is 0 Å². The minimum absolute atomic E-state index is 1.27. The van der Waals surface area contributed by atoms with Crippen molar-refractivity contribution in [3.63, 3.8) is 0 Å². The van der Waals surface area contributed by atoms with Gasteiger partial charge < -0.3 is 0 Å². The summed E-state index contributed by atoms with van der Waals surface area (Å²) in [6, 6.07) is 13.7. The van der Waals surface area contributed by atoms with Crippen LogP contribution in [0.5, 0.6) is 0 Å². The van der Waals surface area contributed by atoms with Crippen molar-refractivity contribution < 1.29 is 0 Å². The van der Waals surface area contributed by atoms with E-state index in [4.69, 9.17) is 0 Å². The van der Waals surface area contributed by atoms with Gasteiger partial charge in [0.1, 0.15) is 0 Å². The van der Waals surface area contributed by atoms with Gasteiger partial charge in [-0.1, -0.05) is 87.8 Å². The summed E-state index contributed by atoms with van der Waals surface area (Å²) in [5, 5.41) is 0. The van der Waals surface area contributed by atoms with Crippen LogP contribution in [0.25, 0.3) is 11.1 Å². The molecule has 0 aromatic heterocycles. The van der Waals surface area contributed by atoms with Crippen molar-refractivity contribution in [2.75, 3.05) is 0 Å². The Morgan fingerprint density at radius 1 is 0.520 bits per heavy atom. The lowest BCUT2D eigenvalue weighted by Gasteiger charge is -2.16. The Labute approximate surface area is 153 Å². The first-order valence-electron chi connectivity index (χ1n) is 10.5. The van der Waals surface area contributed by atoms with Crippen molar-refractivity contribution in [1.82, 2.24) is 0 Å². The molecular formula is C25H31. The van der Waals surface area contributed by atoms with Gasteiger partial charge in [0.2, 0.25) is 0 Å². The van der Waals surface area contributed by atoms with E-state index in [1.54, 1.807) is 11.1 Å². The van der Waals surface area contributed by atoms with Gasteiger partial charge in [0, 0.05) is 6.42 Å². The summed E-state index contributed by atoms with van der Waals surface area (Å²) in [4.78, 5) is 0. The lowest BCUT2D eigenvalue weighted by molar-refractivity contribution is 0.546. The normalized spacial score (nSPS) is 18.7. The summed E-state index contributed by atoms with van der Waals surface area (Å²) < 4.78 is 0. The number of hydrogen-bond acceptors (Lipinski definition) is 0. The molecule has 0 aliphatic heterocycles. The second-order valence-electron chi connectivity index (χ2n) is 7.93. The van der Waals surface area contributed by atoms with Crippen LogP contribution in [0.4, 0.5) is 0 Å². The van der Waals surface area contributed by atoms with Crippen LogP contribution in [0, 0.1) is 6.42 Å². The minimum atomic E-state index is 1.27. The van der Waals surface area contributed by atoms with Gasteiger partial charge in [0.05, 0.1) is 0 Å². The number of aryl methyl sites for hydroxylation is 1. The molecule has 0 nitrogen and oxygen atoms in total. The number of rotatable bonds is 0. The highest BCUT2D eigenvalue weighted by Gasteiger charge is 2.22. The van der Waals surface area contributed by atoms with Crippen molar-refractivity contribution in [2.24, 2.45) is 0 Å². The summed E-state index contributed by atoms with van der Waals surface area (Å²) in [7, 11) is 0. The Bertz CT molecular complexity index is 710. The molecule has 131 valence electrons. The molecule has 0 heterocycles. The Morgan fingerprint density at radius 3 is 1.92 bits per heavy atom. The lowest BCUT2D eigenvalue weighted by Crippen LogP contribution is -2.01. The zero-order valence-electron chi connectivity index (χ0n) is 15.5. The Morgan fingerprint density at radius 2 is 1.16 bits per heavy atom. The monoisotopic (exact) mass is 331 g/mol. The molecule has 0 N–H and O–H groups in total. The van der Waals surface area contributed by atoms with Crippen LogP contribution in [-0.4, -0.2) is 0 Å². The zero-order valence-corrected chi connectivity index (χ0v) is 15.5. The summed E-state index contributed by atoms with van der Waals surface area (Å²) in [5.74, 6) is 0. The largest absolute Gasteiger partial charge is 0.0619 e. The molecule has 0 heteroatoms. The predicted octanol–water partition coefficient (Wildman–Crippen LogP) is 7.27. The van der Waals surface area contributed by atoms with Crippen molar-refractivity contribution in [3.8, 4) is 11.1 Å². The summed E-state index contributed by atoms with van der Waals surface area (Å²) in [6.45, 7) is 0. The molecule has 2 aromatic carbocycles. The first-order valence-corrected chi connectivity index (χ1v) is 10.5. The Kier molecular flexibility index (Phi) is 5.55. The van der Waals surface area contributed by atoms with E-state index in [9.17, 15) is 0 Å². The highest BCUT2D eigenvalue weighted by Crippen LogP contribution is 2.41. The second kappa shape index (κ2) is 8.21. The van der Waals surface area contributed by atoms with Gasteiger partial charge in [0.15, 0.2) is 0 Å². The first kappa shape index (κ1) is 16.9. The molecule has 2 aliphatic rings. The molecule has 0 saturated carbocycles. The van der Waals surface area contributed by atoms with E-state index >= 15 is 0 Å². The molecular weight excluding hydrogens is 300 g/mol. The molecule has 0 unspecified atom stereocenters. The molecule has 0 amide bonds. The smallest absolute Gasteiger partial charge is 0.0214 e. The fraction of sp³-hybridized carbons (Fsp3) is 0.480. The van der Waals surface area contributed by atoms with Gasteiger partial charge in [-0.25, -0.2) is 0 Å². The highest BCUT2D eigenvalue weighted by molar-refractivity contribution is 5.82. The Hall–Kier alpha value is -1.56. The van der Waals surface area contributed by atoms with Crippen LogP contribution in [0.15, 0.2) is 36.4 Å². The third-order valence-corrected chi connectivity index (χ3v) is 6.13. The summed E-state index contributed by atoms with van der Waals surface area (Å²) in [5.41, 5.74) is 9.12. The topological polar surface area (TPSA) is 0 Å². The van der Waals surface area contributed by atoms with Gasteiger partial charge in [-0.15, -0.1) is 0 Å². The van der Waals surface area contributed by atoms with Crippen molar-refractivity contribution in [3.05, 3.63) is 65.1 Å². The zero-order chi connectivity index (χ0) is 16.9. The fourth-order valence-corrected chi connectivity index (χ4v) is 4.69. The maximum atomic E-state index is 2.45. The van der Waals surface area contributed by atoms with Crippen molar-refractivity contribution >= 4 is 0 Å². The third-order valence-electron chi connectivity index (χ3n) is 6.13. The van der Waals surface area contributed by atoms with Crippen LogP contribution in [0.3, 0.4) is 0 Å². The molecule has 0 bridgehead atoms. The summed E-state index contributed by atoms with van der Waals surface area (Å²) >= 11 is 0.